The zero-order chi connectivity index (χ0) is 11.3. The van der Waals surface area contributed by atoms with Crippen LogP contribution in [0, 0.1) is 11.8 Å². The highest BCUT2D eigenvalue weighted by Gasteiger charge is 2.17. The molecule has 0 saturated heterocycles. The second-order valence-corrected chi connectivity index (χ2v) is 3.85. The van der Waals surface area contributed by atoms with Gasteiger partial charge in [-0.25, -0.2) is 0 Å². The van der Waals surface area contributed by atoms with Gasteiger partial charge in [0, 0.05) is 12.1 Å². The molecule has 14 heavy (non-hydrogen) atoms. The first-order chi connectivity index (χ1) is 6.36. The van der Waals surface area contributed by atoms with Gasteiger partial charge in [-0.3, -0.25) is 4.79 Å². The van der Waals surface area contributed by atoms with Crippen LogP contribution >= 0.6 is 0 Å². The molecule has 80 valence electrons. The van der Waals surface area contributed by atoms with Crippen LogP contribution in [0.1, 0.15) is 34.6 Å². The van der Waals surface area contributed by atoms with Gasteiger partial charge in [-0.05, 0) is 40.5 Å². The number of aliphatic hydroxyl groups excluding tert-OH is 1. The molecular formula is C11H19NO2. The molecule has 0 fully saturated rings. The van der Waals surface area contributed by atoms with Gasteiger partial charge < -0.3 is 10.0 Å². The van der Waals surface area contributed by atoms with E-state index in [2.05, 4.69) is 11.8 Å². The summed E-state index contributed by atoms with van der Waals surface area (Å²) in [6, 6.07) is 0.261. The van der Waals surface area contributed by atoms with Crippen molar-refractivity contribution in [3.05, 3.63) is 0 Å². The first kappa shape index (κ1) is 13.0. The summed E-state index contributed by atoms with van der Waals surface area (Å²) in [4.78, 5) is 13.3. The fourth-order valence-electron chi connectivity index (χ4n) is 1.30. The quantitative estimate of drug-likeness (QED) is 0.671. The number of aliphatic hydroxyl groups is 1. The van der Waals surface area contributed by atoms with E-state index in [4.69, 9.17) is 5.11 Å². The maximum Gasteiger partial charge on any atom is 0.299 e. The van der Waals surface area contributed by atoms with Gasteiger partial charge in [0.05, 0.1) is 0 Å². The lowest BCUT2D eigenvalue weighted by Gasteiger charge is -2.28. The molecule has 0 aliphatic rings. The van der Waals surface area contributed by atoms with Crippen LogP contribution in [0.15, 0.2) is 0 Å². The third-order valence-electron chi connectivity index (χ3n) is 1.74. The Morgan fingerprint density at radius 3 is 1.86 bits per heavy atom. The van der Waals surface area contributed by atoms with Gasteiger partial charge in [-0.1, -0.05) is 5.92 Å². The molecule has 0 heterocycles. The highest BCUT2D eigenvalue weighted by Crippen LogP contribution is 2.04. The summed E-state index contributed by atoms with van der Waals surface area (Å²) in [5.41, 5.74) is 0. The Kier molecular flexibility index (Phi) is 5.26. The van der Waals surface area contributed by atoms with Gasteiger partial charge in [0.2, 0.25) is 0 Å². The highest BCUT2D eigenvalue weighted by molar-refractivity contribution is 5.94. The van der Waals surface area contributed by atoms with Crippen LogP contribution in [-0.2, 0) is 4.79 Å². The summed E-state index contributed by atoms with van der Waals surface area (Å²) < 4.78 is 0. The summed E-state index contributed by atoms with van der Waals surface area (Å²) in [5, 5.41) is 8.92. The standard InChI is InChI=1S/C11H19NO2/c1-8(2)12(9(3)4)11(14)7-6-10(5)13/h8-10,13H,1-5H3. The van der Waals surface area contributed by atoms with Crippen LogP contribution in [-0.4, -0.2) is 34.1 Å². The van der Waals surface area contributed by atoms with Crippen LogP contribution in [0.25, 0.3) is 0 Å². The fourth-order valence-corrected chi connectivity index (χ4v) is 1.30. The zero-order valence-corrected chi connectivity index (χ0v) is 9.53. The smallest absolute Gasteiger partial charge is 0.299 e. The van der Waals surface area contributed by atoms with E-state index in [0.29, 0.717) is 0 Å². The van der Waals surface area contributed by atoms with Crippen molar-refractivity contribution in [3.63, 3.8) is 0 Å². The average Bonchev–Trinajstić information content (AvgIpc) is 1.99. The van der Waals surface area contributed by atoms with Gasteiger partial charge in [0.25, 0.3) is 5.91 Å². The molecule has 0 aromatic heterocycles. The van der Waals surface area contributed by atoms with Gasteiger partial charge >= 0.3 is 0 Å². The van der Waals surface area contributed by atoms with Crippen molar-refractivity contribution < 1.29 is 9.90 Å². The van der Waals surface area contributed by atoms with Crippen LogP contribution in [0.3, 0.4) is 0 Å². The lowest BCUT2D eigenvalue weighted by atomic mass is 10.2. The molecule has 0 aliphatic heterocycles. The van der Waals surface area contributed by atoms with Crippen LogP contribution < -0.4 is 0 Å². The fraction of sp³-hybridized carbons (Fsp3) is 0.727. The van der Waals surface area contributed by atoms with Crippen molar-refractivity contribution in [3.8, 4) is 11.8 Å². The minimum atomic E-state index is -0.750. The summed E-state index contributed by atoms with van der Waals surface area (Å²) in [6.45, 7) is 9.32. The third kappa shape index (κ3) is 4.29. The van der Waals surface area contributed by atoms with E-state index in [0.717, 1.165) is 0 Å². The molecule has 0 radical (unpaired) electrons. The molecule has 0 aromatic carbocycles. The van der Waals surface area contributed by atoms with Crippen LogP contribution in [0.5, 0.6) is 0 Å². The third-order valence-corrected chi connectivity index (χ3v) is 1.74. The number of hydrogen-bond donors (Lipinski definition) is 1. The lowest BCUT2D eigenvalue weighted by molar-refractivity contribution is -0.128. The first-order valence-electron chi connectivity index (χ1n) is 4.88. The summed E-state index contributed by atoms with van der Waals surface area (Å²) in [6.07, 6.45) is -0.750. The SMILES string of the molecule is CC(O)C#CC(=O)N(C(C)C)C(C)C. The molecule has 1 unspecified atom stereocenters. The molecule has 0 aromatic rings. The first-order valence-corrected chi connectivity index (χ1v) is 4.88. The number of carbonyl (C=O) groups is 1. The number of amides is 1. The summed E-state index contributed by atoms with van der Waals surface area (Å²) >= 11 is 0. The lowest BCUT2D eigenvalue weighted by Crippen LogP contribution is -2.41. The second kappa shape index (κ2) is 5.66. The van der Waals surface area contributed by atoms with Crippen molar-refractivity contribution in [1.82, 2.24) is 4.90 Å². The van der Waals surface area contributed by atoms with E-state index in [9.17, 15) is 4.79 Å². The van der Waals surface area contributed by atoms with E-state index in [1.165, 1.54) is 6.92 Å². The largest absolute Gasteiger partial charge is 0.381 e. The Morgan fingerprint density at radius 2 is 1.57 bits per heavy atom. The minimum absolute atomic E-state index is 0.130. The second-order valence-electron chi connectivity index (χ2n) is 3.85. The van der Waals surface area contributed by atoms with Crippen molar-refractivity contribution in [1.29, 1.82) is 0 Å². The molecule has 0 rings (SSSR count). The maximum atomic E-state index is 11.6. The molecule has 0 aliphatic carbocycles. The van der Waals surface area contributed by atoms with E-state index in [-0.39, 0.29) is 18.0 Å². The molecular weight excluding hydrogens is 178 g/mol. The molecule has 3 heteroatoms. The number of rotatable bonds is 2. The van der Waals surface area contributed by atoms with Crippen LogP contribution in [0.2, 0.25) is 0 Å². The number of carbonyl (C=O) groups excluding carboxylic acids is 1. The van der Waals surface area contributed by atoms with E-state index >= 15 is 0 Å². The molecule has 0 bridgehead atoms. The molecule has 3 nitrogen and oxygen atoms in total. The molecule has 0 spiro atoms. The summed E-state index contributed by atoms with van der Waals surface area (Å²) in [7, 11) is 0. The number of nitrogens with zero attached hydrogens (tertiary/aromatic N) is 1. The van der Waals surface area contributed by atoms with E-state index < -0.39 is 6.10 Å². The molecule has 1 atom stereocenters. The van der Waals surface area contributed by atoms with Crippen molar-refractivity contribution in [2.75, 3.05) is 0 Å². The predicted molar refractivity (Wildman–Crippen MR) is 56.6 cm³/mol. The van der Waals surface area contributed by atoms with Gasteiger partial charge in [-0.15, -0.1) is 0 Å². The Morgan fingerprint density at radius 1 is 1.14 bits per heavy atom. The van der Waals surface area contributed by atoms with Crippen molar-refractivity contribution in [2.24, 2.45) is 0 Å². The topological polar surface area (TPSA) is 40.5 Å². The van der Waals surface area contributed by atoms with Gasteiger partial charge in [-0.2, -0.15) is 0 Å². The predicted octanol–water partition coefficient (Wildman–Crippen LogP) is 1.02. The van der Waals surface area contributed by atoms with Gasteiger partial charge in [0.1, 0.15) is 6.10 Å². The van der Waals surface area contributed by atoms with Crippen molar-refractivity contribution >= 4 is 5.91 Å². The normalized spacial score (nSPS) is 12.3. The monoisotopic (exact) mass is 197 g/mol. The molecule has 1 amide bonds. The van der Waals surface area contributed by atoms with E-state index in [1.807, 2.05) is 27.7 Å². The van der Waals surface area contributed by atoms with Crippen molar-refractivity contribution in [2.45, 2.75) is 52.8 Å². The Hall–Kier alpha value is -1.01. The highest BCUT2D eigenvalue weighted by atomic mass is 16.3. The number of hydrogen-bond acceptors (Lipinski definition) is 2. The molecule has 0 saturated carbocycles. The Balaban J connectivity index is 4.56. The van der Waals surface area contributed by atoms with E-state index in [1.54, 1.807) is 4.90 Å². The van der Waals surface area contributed by atoms with Gasteiger partial charge in [0.15, 0.2) is 0 Å². The maximum absolute atomic E-state index is 11.6. The summed E-state index contributed by atoms with van der Waals surface area (Å²) in [5.74, 6) is 4.66. The molecule has 1 N–H and O–H groups in total. The Bertz CT molecular complexity index is 238. The minimum Gasteiger partial charge on any atom is -0.381 e. The van der Waals surface area contributed by atoms with Crippen LogP contribution in [0.4, 0.5) is 0 Å². The Labute approximate surface area is 86.1 Å². The average molecular weight is 197 g/mol. The zero-order valence-electron chi connectivity index (χ0n) is 9.53.